The summed E-state index contributed by atoms with van der Waals surface area (Å²) in [6.45, 7) is 0.995. The first-order valence-corrected chi connectivity index (χ1v) is 6.36. The highest BCUT2D eigenvalue weighted by molar-refractivity contribution is 5.57. The highest BCUT2D eigenvalue weighted by Gasteiger charge is 2.26. The van der Waals surface area contributed by atoms with Crippen LogP contribution in [0.25, 0.3) is 0 Å². The van der Waals surface area contributed by atoms with Crippen LogP contribution in [-0.2, 0) is 0 Å². The van der Waals surface area contributed by atoms with Crippen LogP contribution in [0.1, 0.15) is 43.6 Å². The molecule has 1 fully saturated rings. The van der Waals surface area contributed by atoms with Crippen LogP contribution >= 0.6 is 0 Å². The van der Waals surface area contributed by atoms with Crippen LogP contribution in [0.3, 0.4) is 0 Å². The second-order valence-electron chi connectivity index (χ2n) is 5.20. The van der Waals surface area contributed by atoms with Gasteiger partial charge >= 0.3 is 0 Å². The molecule has 3 rings (SSSR count). The summed E-state index contributed by atoms with van der Waals surface area (Å²) < 4.78 is 13.2. The fourth-order valence-corrected chi connectivity index (χ4v) is 3.23. The van der Waals surface area contributed by atoms with Crippen LogP contribution in [0.4, 0.5) is 10.1 Å². The van der Waals surface area contributed by atoms with E-state index in [4.69, 9.17) is 0 Å². The predicted molar refractivity (Wildman–Crippen MR) is 64.2 cm³/mol. The average Bonchev–Trinajstić information content (AvgIpc) is 2.90. The molecule has 1 unspecified atom stereocenters. The van der Waals surface area contributed by atoms with Crippen LogP contribution in [-0.4, -0.2) is 6.54 Å². The van der Waals surface area contributed by atoms with Gasteiger partial charge in [-0.25, -0.2) is 4.39 Å². The number of halogens is 1. The minimum absolute atomic E-state index is 0.0983. The molecule has 86 valence electrons. The van der Waals surface area contributed by atoms with Gasteiger partial charge in [0.2, 0.25) is 0 Å². The summed E-state index contributed by atoms with van der Waals surface area (Å²) in [4.78, 5) is 0. The van der Waals surface area contributed by atoms with Gasteiger partial charge in [0, 0.05) is 18.2 Å². The average molecular weight is 219 g/mol. The maximum absolute atomic E-state index is 13.2. The molecule has 1 aromatic rings. The normalized spacial score (nSPS) is 24.4. The lowest BCUT2D eigenvalue weighted by molar-refractivity contribution is 0.459. The zero-order chi connectivity index (χ0) is 11.0. The Hall–Kier alpha value is -1.05. The summed E-state index contributed by atoms with van der Waals surface area (Å²) in [5.74, 6) is 1.31. The largest absolute Gasteiger partial charge is 0.384 e. The monoisotopic (exact) mass is 219 g/mol. The SMILES string of the molecule is Fc1ccc2c(c1)C(CC1CCCC1)CN2. The van der Waals surface area contributed by atoms with Gasteiger partial charge in [0.15, 0.2) is 0 Å². The summed E-state index contributed by atoms with van der Waals surface area (Å²) >= 11 is 0. The quantitative estimate of drug-likeness (QED) is 0.795. The Morgan fingerprint density at radius 1 is 1.25 bits per heavy atom. The molecular formula is C14H18FN. The summed E-state index contributed by atoms with van der Waals surface area (Å²) in [7, 11) is 0. The Morgan fingerprint density at radius 3 is 2.88 bits per heavy atom. The molecule has 0 radical (unpaired) electrons. The van der Waals surface area contributed by atoms with E-state index >= 15 is 0 Å². The molecule has 1 atom stereocenters. The Labute approximate surface area is 96.1 Å². The molecule has 1 aromatic carbocycles. The zero-order valence-electron chi connectivity index (χ0n) is 9.51. The van der Waals surface area contributed by atoms with E-state index < -0.39 is 0 Å². The van der Waals surface area contributed by atoms with E-state index in [-0.39, 0.29) is 5.82 Å². The molecular weight excluding hydrogens is 201 g/mol. The number of hydrogen-bond donors (Lipinski definition) is 1. The molecule has 16 heavy (non-hydrogen) atoms. The second-order valence-corrected chi connectivity index (χ2v) is 5.20. The molecule has 1 aliphatic carbocycles. The van der Waals surface area contributed by atoms with E-state index in [0.29, 0.717) is 5.92 Å². The summed E-state index contributed by atoms with van der Waals surface area (Å²) in [6, 6.07) is 5.14. The van der Waals surface area contributed by atoms with Crippen molar-refractivity contribution in [2.24, 2.45) is 5.92 Å². The van der Waals surface area contributed by atoms with Crippen molar-refractivity contribution in [3.8, 4) is 0 Å². The van der Waals surface area contributed by atoms with Crippen LogP contribution in [0.2, 0.25) is 0 Å². The van der Waals surface area contributed by atoms with Crippen molar-refractivity contribution in [3.05, 3.63) is 29.6 Å². The summed E-state index contributed by atoms with van der Waals surface area (Å²) in [6.07, 6.45) is 6.77. The van der Waals surface area contributed by atoms with Crippen molar-refractivity contribution in [2.45, 2.75) is 38.0 Å². The molecule has 1 N–H and O–H groups in total. The Kier molecular flexibility index (Phi) is 2.58. The third kappa shape index (κ3) is 1.81. The highest BCUT2D eigenvalue weighted by atomic mass is 19.1. The standard InChI is InChI=1S/C14H18FN/c15-12-5-6-14-13(8-12)11(9-16-14)7-10-3-1-2-4-10/h5-6,8,10-11,16H,1-4,7,9H2. The Bertz CT molecular complexity index is 382. The first kappa shape index (κ1) is 10.1. The van der Waals surface area contributed by atoms with Gasteiger partial charge in [0.1, 0.15) is 5.82 Å². The van der Waals surface area contributed by atoms with E-state index in [1.165, 1.54) is 37.7 Å². The number of benzene rings is 1. The van der Waals surface area contributed by atoms with Crippen molar-refractivity contribution < 1.29 is 4.39 Å². The molecule has 0 bridgehead atoms. The van der Waals surface area contributed by atoms with E-state index in [1.54, 1.807) is 12.1 Å². The van der Waals surface area contributed by atoms with Gasteiger partial charge < -0.3 is 5.32 Å². The van der Waals surface area contributed by atoms with Crippen LogP contribution in [0, 0.1) is 11.7 Å². The van der Waals surface area contributed by atoms with Gasteiger partial charge in [-0.2, -0.15) is 0 Å². The first-order chi connectivity index (χ1) is 7.83. The molecule has 0 saturated heterocycles. The third-order valence-corrected chi connectivity index (χ3v) is 4.08. The number of hydrogen-bond acceptors (Lipinski definition) is 1. The van der Waals surface area contributed by atoms with E-state index in [2.05, 4.69) is 5.32 Å². The lowest BCUT2D eigenvalue weighted by Crippen LogP contribution is -2.07. The third-order valence-electron chi connectivity index (χ3n) is 4.08. The zero-order valence-corrected chi connectivity index (χ0v) is 9.51. The van der Waals surface area contributed by atoms with E-state index in [1.807, 2.05) is 6.07 Å². The lowest BCUT2D eigenvalue weighted by atomic mass is 9.89. The second kappa shape index (κ2) is 4.08. The van der Waals surface area contributed by atoms with Crippen molar-refractivity contribution in [2.75, 3.05) is 11.9 Å². The molecule has 0 aromatic heterocycles. The Balaban J connectivity index is 1.77. The number of rotatable bonds is 2. The minimum Gasteiger partial charge on any atom is -0.384 e. The van der Waals surface area contributed by atoms with E-state index in [0.717, 1.165) is 18.2 Å². The molecule has 0 amide bonds. The molecule has 2 aliphatic rings. The van der Waals surface area contributed by atoms with Gasteiger partial charge in [0.05, 0.1) is 0 Å². The topological polar surface area (TPSA) is 12.0 Å². The van der Waals surface area contributed by atoms with E-state index in [9.17, 15) is 4.39 Å². The summed E-state index contributed by atoms with van der Waals surface area (Å²) in [5.41, 5.74) is 2.34. The molecule has 0 spiro atoms. The van der Waals surface area contributed by atoms with Crippen molar-refractivity contribution in [1.29, 1.82) is 0 Å². The van der Waals surface area contributed by atoms with Crippen LogP contribution < -0.4 is 5.32 Å². The molecule has 1 aliphatic heterocycles. The van der Waals surface area contributed by atoms with Gasteiger partial charge in [-0.3, -0.25) is 0 Å². The van der Waals surface area contributed by atoms with Gasteiger partial charge in [-0.15, -0.1) is 0 Å². The fraction of sp³-hybridized carbons (Fsp3) is 0.571. The fourth-order valence-electron chi connectivity index (χ4n) is 3.23. The maximum atomic E-state index is 13.2. The Morgan fingerprint density at radius 2 is 2.06 bits per heavy atom. The van der Waals surface area contributed by atoms with Crippen molar-refractivity contribution in [1.82, 2.24) is 0 Å². The smallest absolute Gasteiger partial charge is 0.123 e. The highest BCUT2D eigenvalue weighted by Crippen LogP contribution is 2.39. The number of fused-ring (bicyclic) bond motifs is 1. The first-order valence-electron chi connectivity index (χ1n) is 6.36. The van der Waals surface area contributed by atoms with Crippen molar-refractivity contribution in [3.63, 3.8) is 0 Å². The van der Waals surface area contributed by atoms with Gasteiger partial charge in [-0.1, -0.05) is 25.7 Å². The number of anilines is 1. The maximum Gasteiger partial charge on any atom is 0.123 e. The number of nitrogens with one attached hydrogen (secondary N) is 1. The van der Waals surface area contributed by atoms with Gasteiger partial charge in [-0.05, 0) is 36.1 Å². The molecule has 1 saturated carbocycles. The molecule has 2 heteroatoms. The van der Waals surface area contributed by atoms with Crippen molar-refractivity contribution >= 4 is 5.69 Å². The molecule has 1 nitrogen and oxygen atoms in total. The van der Waals surface area contributed by atoms with Crippen LogP contribution in [0.5, 0.6) is 0 Å². The summed E-state index contributed by atoms with van der Waals surface area (Å²) in [5, 5.41) is 3.38. The minimum atomic E-state index is -0.0983. The lowest BCUT2D eigenvalue weighted by Gasteiger charge is -2.15. The van der Waals surface area contributed by atoms with Gasteiger partial charge in [0.25, 0.3) is 0 Å². The van der Waals surface area contributed by atoms with Crippen LogP contribution in [0.15, 0.2) is 18.2 Å². The predicted octanol–water partition coefficient (Wildman–Crippen LogP) is 3.92. The molecule has 1 heterocycles.